The molecular formula is C29H42F2N4O5. The first-order valence-electron chi connectivity index (χ1n) is 14.0. The molecule has 1 saturated heterocycles. The maximum atomic E-state index is 13.9. The minimum Gasteiger partial charge on any atom is -0.480 e. The molecule has 0 aromatic rings. The summed E-state index contributed by atoms with van der Waals surface area (Å²) in [6.07, 6.45) is 5.87. The number of ether oxygens (including phenoxy) is 1. The van der Waals surface area contributed by atoms with Crippen LogP contribution < -0.4 is 11.1 Å². The van der Waals surface area contributed by atoms with Gasteiger partial charge in [-0.1, -0.05) is 38.8 Å². The number of carbonyl (C=O) groups excluding carboxylic acids is 2. The number of nitriles is 1. The van der Waals surface area contributed by atoms with Gasteiger partial charge in [0.2, 0.25) is 5.91 Å². The van der Waals surface area contributed by atoms with Gasteiger partial charge >= 0.3 is 12.1 Å². The van der Waals surface area contributed by atoms with E-state index in [0.717, 1.165) is 25.7 Å². The largest absolute Gasteiger partial charge is 0.480 e. The average molecular weight is 565 g/mol. The van der Waals surface area contributed by atoms with Gasteiger partial charge in [0.25, 0.3) is 0 Å². The molecular weight excluding hydrogens is 522 g/mol. The van der Waals surface area contributed by atoms with Gasteiger partial charge in [-0.2, -0.15) is 5.26 Å². The summed E-state index contributed by atoms with van der Waals surface area (Å²) in [5, 5.41) is 20.8. The molecule has 4 N–H and O–H groups in total. The van der Waals surface area contributed by atoms with Crippen LogP contribution in [0.4, 0.5) is 13.6 Å². The molecule has 1 heterocycles. The number of fused-ring (bicyclic) bond motifs is 1. The van der Waals surface area contributed by atoms with E-state index in [2.05, 4.69) is 24.5 Å². The van der Waals surface area contributed by atoms with Crippen LogP contribution in [-0.2, 0) is 14.3 Å². The van der Waals surface area contributed by atoms with Crippen LogP contribution in [0.25, 0.3) is 0 Å². The number of aliphatic carboxylic acids is 1. The lowest BCUT2D eigenvalue weighted by molar-refractivity contribution is -0.143. The van der Waals surface area contributed by atoms with Gasteiger partial charge in [-0.05, 0) is 65.2 Å². The second kappa shape index (κ2) is 11.9. The number of hydrogen-bond donors (Lipinski definition) is 3. The highest BCUT2D eigenvalue weighted by atomic mass is 19.1. The summed E-state index contributed by atoms with van der Waals surface area (Å²) in [7, 11) is 0. The number of nitrogens with zero attached hydrogens (tertiary/aromatic N) is 2. The highest BCUT2D eigenvalue weighted by Gasteiger charge is 2.57. The Hall–Kier alpha value is -3.00. The van der Waals surface area contributed by atoms with E-state index in [9.17, 15) is 28.3 Å². The second-order valence-electron chi connectivity index (χ2n) is 12.6. The molecule has 4 aliphatic rings. The Balaban J connectivity index is 0.000000220. The van der Waals surface area contributed by atoms with Crippen molar-refractivity contribution in [3.63, 3.8) is 0 Å². The molecule has 0 aromatic heterocycles. The Kier molecular flexibility index (Phi) is 9.34. The minimum absolute atomic E-state index is 0.157. The van der Waals surface area contributed by atoms with Crippen LogP contribution in [0.2, 0.25) is 0 Å². The van der Waals surface area contributed by atoms with Gasteiger partial charge in [-0.3, -0.25) is 4.79 Å². The predicted octanol–water partition coefficient (Wildman–Crippen LogP) is 4.88. The summed E-state index contributed by atoms with van der Waals surface area (Å²) in [4.78, 5) is 37.5. The van der Waals surface area contributed by atoms with E-state index in [0.29, 0.717) is 44.4 Å². The van der Waals surface area contributed by atoms with Crippen LogP contribution in [0.5, 0.6) is 0 Å². The van der Waals surface area contributed by atoms with Crippen LogP contribution in [0.15, 0.2) is 24.8 Å². The number of halogens is 2. The van der Waals surface area contributed by atoms with E-state index >= 15 is 0 Å². The number of nitrogens with two attached hydrogens (primary N) is 1. The summed E-state index contributed by atoms with van der Waals surface area (Å²) in [6, 6.07) is -0.321. The van der Waals surface area contributed by atoms with Crippen LogP contribution in [-0.4, -0.2) is 57.7 Å². The molecule has 0 aromatic carbocycles. The van der Waals surface area contributed by atoms with Crippen molar-refractivity contribution in [2.75, 3.05) is 0 Å². The molecule has 9 nitrogen and oxygen atoms in total. The van der Waals surface area contributed by atoms with Gasteiger partial charge in [-0.25, -0.2) is 18.4 Å². The fraction of sp³-hybridized carbons (Fsp3) is 0.724. The first kappa shape index (κ1) is 31.5. The fourth-order valence-corrected chi connectivity index (χ4v) is 6.63. The van der Waals surface area contributed by atoms with Crippen molar-refractivity contribution in [1.82, 2.24) is 10.2 Å². The van der Waals surface area contributed by atoms with E-state index < -0.39 is 52.2 Å². The number of hydrogen-bond acceptors (Lipinski definition) is 6. The first-order valence-corrected chi connectivity index (χ1v) is 14.0. The van der Waals surface area contributed by atoms with Gasteiger partial charge in [0.15, 0.2) is 0 Å². The van der Waals surface area contributed by atoms with E-state index in [1.807, 2.05) is 0 Å². The Morgan fingerprint density at radius 2 is 1.55 bits per heavy atom. The number of carbonyl (C=O) groups is 3. The number of nitrogens with one attached hydrogen (secondary N) is 1. The van der Waals surface area contributed by atoms with Crippen LogP contribution in [0, 0.1) is 28.1 Å². The summed E-state index contributed by atoms with van der Waals surface area (Å²) in [6.45, 7) is 11.7. The van der Waals surface area contributed by atoms with Crippen LogP contribution in [0.1, 0.15) is 85.0 Å². The number of amides is 2. The SMILES string of the molecule is C=C(F)C1(C(N)C(=O)N2[C@H](C#N)C[C@@H]3C[C@@H]32)CCCC1.C=C(F)C1(C(NC(=O)OC(C)(C)C)C(=O)O)CCCC1. The topological polar surface area (TPSA) is 146 Å². The molecule has 2 unspecified atom stereocenters. The Labute approximate surface area is 234 Å². The number of piperidine rings is 1. The van der Waals surface area contributed by atoms with Crippen molar-refractivity contribution in [2.24, 2.45) is 22.5 Å². The number of likely N-dealkylation sites (tertiary alicyclic amines) is 1. The highest BCUT2D eigenvalue weighted by molar-refractivity contribution is 5.85. The lowest BCUT2D eigenvalue weighted by atomic mass is 9.77. The maximum absolute atomic E-state index is 13.9. The molecule has 0 bridgehead atoms. The van der Waals surface area contributed by atoms with Crippen molar-refractivity contribution in [3.05, 3.63) is 24.8 Å². The van der Waals surface area contributed by atoms with Crippen molar-refractivity contribution in [1.29, 1.82) is 5.26 Å². The van der Waals surface area contributed by atoms with E-state index in [-0.39, 0.29) is 18.0 Å². The van der Waals surface area contributed by atoms with Gasteiger partial charge in [-0.15, -0.1) is 0 Å². The Morgan fingerprint density at radius 3 is 1.98 bits per heavy atom. The third-order valence-corrected chi connectivity index (χ3v) is 8.90. The highest BCUT2D eigenvalue weighted by Crippen LogP contribution is 2.51. The summed E-state index contributed by atoms with van der Waals surface area (Å²) >= 11 is 0. The predicted molar refractivity (Wildman–Crippen MR) is 144 cm³/mol. The first-order chi connectivity index (χ1) is 18.6. The maximum Gasteiger partial charge on any atom is 0.408 e. The lowest BCUT2D eigenvalue weighted by Gasteiger charge is -2.36. The fourth-order valence-electron chi connectivity index (χ4n) is 6.63. The summed E-state index contributed by atoms with van der Waals surface area (Å²) < 4.78 is 32.8. The molecule has 1 aliphatic heterocycles. The number of alkyl carbamates (subject to hydrolysis) is 1. The quantitative estimate of drug-likeness (QED) is 0.400. The van der Waals surface area contributed by atoms with Crippen molar-refractivity contribution in [2.45, 2.75) is 115 Å². The zero-order chi connectivity index (χ0) is 30.0. The lowest BCUT2D eigenvalue weighted by Crippen LogP contribution is -2.54. The van der Waals surface area contributed by atoms with Crippen molar-refractivity contribution < 1.29 is 33.0 Å². The molecule has 0 spiro atoms. The molecule has 4 rings (SSSR count). The Morgan fingerprint density at radius 1 is 1.05 bits per heavy atom. The molecule has 3 saturated carbocycles. The van der Waals surface area contributed by atoms with Crippen LogP contribution >= 0.6 is 0 Å². The second-order valence-corrected chi connectivity index (χ2v) is 12.6. The van der Waals surface area contributed by atoms with Crippen molar-refractivity contribution in [3.8, 4) is 6.07 Å². The van der Waals surface area contributed by atoms with E-state index in [4.69, 9.17) is 15.7 Å². The third-order valence-electron chi connectivity index (χ3n) is 8.90. The standard InChI is InChI=1S/C15H20FN3O.C14H22FNO4/c1-9(16)15(4-2-3-5-15)13(18)14(20)19-11(8-17)6-10-7-12(10)19;1-9(15)14(7-5-6-8-14)10(11(17)18)16-12(19)20-13(2,3)4/h10-13H,1-7,18H2;10H,1,5-8H2,2-4H3,(H,16,19)(H,17,18)/t10-,11+,12+,13?;/m1./s1. The summed E-state index contributed by atoms with van der Waals surface area (Å²) in [5.74, 6) is -2.27. The van der Waals surface area contributed by atoms with Crippen molar-refractivity contribution >= 4 is 18.0 Å². The van der Waals surface area contributed by atoms with Gasteiger partial charge in [0.1, 0.15) is 29.3 Å². The van der Waals surface area contributed by atoms with Crippen LogP contribution in [0.3, 0.4) is 0 Å². The minimum atomic E-state index is -1.36. The number of carboxylic acids is 1. The van der Waals surface area contributed by atoms with Gasteiger partial charge < -0.3 is 25.8 Å². The molecule has 222 valence electrons. The third kappa shape index (κ3) is 6.32. The summed E-state index contributed by atoms with van der Waals surface area (Å²) in [5.41, 5.74) is 3.24. The average Bonchev–Trinajstić information content (AvgIpc) is 3.28. The normalized spacial score (nSPS) is 27.2. The van der Waals surface area contributed by atoms with E-state index in [1.165, 1.54) is 0 Å². The zero-order valence-electron chi connectivity index (χ0n) is 23.7. The molecule has 40 heavy (non-hydrogen) atoms. The molecule has 0 radical (unpaired) electrons. The zero-order valence-corrected chi connectivity index (χ0v) is 23.7. The Bertz CT molecular complexity index is 1070. The van der Waals surface area contributed by atoms with Gasteiger partial charge in [0, 0.05) is 11.5 Å². The molecule has 11 heteroatoms. The van der Waals surface area contributed by atoms with E-state index in [1.54, 1.807) is 25.7 Å². The molecule has 5 atom stereocenters. The molecule has 2 amide bonds. The van der Waals surface area contributed by atoms with Gasteiger partial charge in [0.05, 0.1) is 17.5 Å². The number of carboxylic acid groups (broad SMARTS) is 1. The molecule has 4 fully saturated rings. The smallest absolute Gasteiger partial charge is 0.408 e. The molecule has 3 aliphatic carbocycles. The monoisotopic (exact) mass is 564 g/mol. The number of rotatable bonds is 7.